The van der Waals surface area contributed by atoms with E-state index in [-0.39, 0.29) is 12.5 Å². The second kappa shape index (κ2) is 8.80. The molecule has 1 N–H and O–H groups in total. The number of halogens is 1. The van der Waals surface area contributed by atoms with Gasteiger partial charge in [0.05, 0.1) is 0 Å². The third kappa shape index (κ3) is 4.67. The van der Waals surface area contributed by atoms with Crippen LogP contribution in [0.15, 0.2) is 77.3 Å². The summed E-state index contributed by atoms with van der Waals surface area (Å²) >= 11 is 5.91. The topological polar surface area (TPSA) is 77.2 Å². The molecule has 1 amide bonds. The number of aryl methyl sites for hydroxylation is 1. The van der Waals surface area contributed by atoms with E-state index in [4.69, 9.17) is 20.9 Å². The molecule has 0 fully saturated rings. The number of para-hydroxylation sites is 1. The highest BCUT2D eigenvalue weighted by molar-refractivity contribution is 6.30. The molecule has 0 spiro atoms. The van der Waals surface area contributed by atoms with Gasteiger partial charge in [0.25, 0.3) is 11.8 Å². The average Bonchev–Trinajstić information content (AvgIpc) is 3.24. The predicted molar refractivity (Wildman–Crippen MR) is 115 cm³/mol. The highest BCUT2D eigenvalue weighted by Crippen LogP contribution is 2.24. The molecule has 30 heavy (non-hydrogen) atoms. The maximum Gasteiger partial charge on any atom is 0.262 e. The number of carbonyl (C=O) groups excluding carboxylic acids is 1. The Hall–Kier alpha value is -3.64. The molecule has 7 heteroatoms. The standard InChI is InChI=1S/C23H18ClN3O3/c1-15-4-2-3-5-20(15)29-14-21(28)25-19-12-8-17(9-13-19)23-26-22(27-30-23)16-6-10-18(24)11-7-16/h2-13H,14H2,1H3,(H,25,28). The Kier molecular flexibility index (Phi) is 5.77. The van der Waals surface area contributed by atoms with E-state index in [9.17, 15) is 4.79 Å². The van der Waals surface area contributed by atoms with Crippen molar-refractivity contribution < 1.29 is 14.1 Å². The summed E-state index contributed by atoms with van der Waals surface area (Å²) in [7, 11) is 0. The highest BCUT2D eigenvalue weighted by Gasteiger charge is 2.11. The van der Waals surface area contributed by atoms with E-state index in [2.05, 4.69) is 15.5 Å². The fourth-order valence-electron chi connectivity index (χ4n) is 2.81. The van der Waals surface area contributed by atoms with Crippen molar-refractivity contribution in [1.82, 2.24) is 10.1 Å². The minimum absolute atomic E-state index is 0.0687. The van der Waals surface area contributed by atoms with E-state index < -0.39 is 0 Å². The number of rotatable bonds is 6. The van der Waals surface area contributed by atoms with E-state index in [1.165, 1.54) is 0 Å². The van der Waals surface area contributed by atoms with Gasteiger partial charge < -0.3 is 14.6 Å². The number of nitrogens with one attached hydrogen (secondary N) is 1. The van der Waals surface area contributed by atoms with Gasteiger partial charge in [-0.25, -0.2) is 0 Å². The van der Waals surface area contributed by atoms with Crippen LogP contribution in [0.25, 0.3) is 22.8 Å². The molecule has 4 rings (SSSR count). The highest BCUT2D eigenvalue weighted by atomic mass is 35.5. The molecule has 0 bridgehead atoms. The number of nitrogens with zero attached hydrogens (tertiary/aromatic N) is 2. The molecule has 0 aliphatic carbocycles. The zero-order chi connectivity index (χ0) is 20.9. The van der Waals surface area contributed by atoms with E-state index in [1.807, 2.05) is 43.3 Å². The molecule has 0 aliphatic heterocycles. The first-order chi connectivity index (χ1) is 14.6. The summed E-state index contributed by atoms with van der Waals surface area (Å²) in [5, 5.41) is 7.45. The fourth-order valence-corrected chi connectivity index (χ4v) is 2.94. The van der Waals surface area contributed by atoms with Crippen LogP contribution in [0, 0.1) is 6.92 Å². The Balaban J connectivity index is 1.38. The summed E-state index contributed by atoms with van der Waals surface area (Å²) in [6.07, 6.45) is 0. The fraction of sp³-hybridized carbons (Fsp3) is 0.0870. The number of amides is 1. The van der Waals surface area contributed by atoms with Crippen LogP contribution in [-0.4, -0.2) is 22.7 Å². The van der Waals surface area contributed by atoms with Gasteiger partial charge in [-0.2, -0.15) is 4.98 Å². The van der Waals surface area contributed by atoms with Crippen LogP contribution >= 0.6 is 11.6 Å². The van der Waals surface area contributed by atoms with Crippen molar-refractivity contribution in [1.29, 1.82) is 0 Å². The van der Waals surface area contributed by atoms with Crippen LogP contribution < -0.4 is 10.1 Å². The lowest BCUT2D eigenvalue weighted by molar-refractivity contribution is -0.118. The smallest absolute Gasteiger partial charge is 0.262 e. The van der Waals surface area contributed by atoms with Gasteiger partial charge >= 0.3 is 0 Å². The van der Waals surface area contributed by atoms with E-state index in [1.54, 1.807) is 36.4 Å². The van der Waals surface area contributed by atoms with Crippen molar-refractivity contribution in [3.8, 4) is 28.6 Å². The molecule has 0 atom stereocenters. The number of anilines is 1. The summed E-state index contributed by atoms with van der Waals surface area (Å²) in [4.78, 5) is 16.6. The molecular weight excluding hydrogens is 402 g/mol. The Morgan fingerprint density at radius 1 is 1.00 bits per heavy atom. The lowest BCUT2D eigenvalue weighted by Crippen LogP contribution is -2.20. The van der Waals surface area contributed by atoms with Crippen LogP contribution in [0.4, 0.5) is 5.69 Å². The third-order valence-corrected chi connectivity index (χ3v) is 4.65. The maximum absolute atomic E-state index is 12.1. The normalized spacial score (nSPS) is 10.6. The Labute approximate surface area is 178 Å². The van der Waals surface area contributed by atoms with Gasteiger partial charge in [-0.05, 0) is 67.1 Å². The number of benzene rings is 3. The predicted octanol–water partition coefficient (Wildman–Crippen LogP) is 5.38. The molecule has 0 radical (unpaired) electrons. The lowest BCUT2D eigenvalue weighted by atomic mass is 10.2. The molecule has 4 aromatic rings. The zero-order valence-electron chi connectivity index (χ0n) is 16.1. The number of ether oxygens (including phenoxy) is 1. The van der Waals surface area contributed by atoms with Gasteiger partial charge in [-0.1, -0.05) is 35.0 Å². The number of hydrogen-bond donors (Lipinski definition) is 1. The molecule has 6 nitrogen and oxygen atoms in total. The van der Waals surface area contributed by atoms with Crippen LogP contribution in [0.5, 0.6) is 5.75 Å². The van der Waals surface area contributed by atoms with Crippen LogP contribution in [0.2, 0.25) is 5.02 Å². The second-order valence-corrected chi connectivity index (χ2v) is 7.05. The molecule has 0 aliphatic rings. The molecule has 0 unspecified atom stereocenters. The summed E-state index contributed by atoms with van der Waals surface area (Å²) in [5.41, 5.74) is 3.19. The molecule has 3 aromatic carbocycles. The molecule has 0 saturated carbocycles. The maximum atomic E-state index is 12.1. The zero-order valence-corrected chi connectivity index (χ0v) is 16.9. The lowest BCUT2D eigenvalue weighted by Gasteiger charge is -2.09. The van der Waals surface area contributed by atoms with E-state index >= 15 is 0 Å². The summed E-state index contributed by atoms with van der Waals surface area (Å²) < 4.78 is 10.9. The Bertz CT molecular complexity index is 1160. The summed E-state index contributed by atoms with van der Waals surface area (Å²) in [6, 6.07) is 21.9. The molecule has 1 aromatic heterocycles. The van der Waals surface area contributed by atoms with Crippen molar-refractivity contribution in [2.24, 2.45) is 0 Å². The molecule has 1 heterocycles. The van der Waals surface area contributed by atoms with Crippen molar-refractivity contribution in [3.63, 3.8) is 0 Å². The molecule has 0 saturated heterocycles. The summed E-state index contributed by atoms with van der Waals surface area (Å²) in [5.74, 6) is 1.32. The largest absolute Gasteiger partial charge is 0.483 e. The first kappa shape index (κ1) is 19.7. The SMILES string of the molecule is Cc1ccccc1OCC(=O)Nc1ccc(-c2nc(-c3ccc(Cl)cc3)no2)cc1. The Morgan fingerprint density at radius 3 is 2.43 bits per heavy atom. The van der Waals surface area contributed by atoms with Crippen molar-refractivity contribution in [2.45, 2.75) is 6.92 Å². The number of aromatic nitrogens is 2. The van der Waals surface area contributed by atoms with Gasteiger partial charge in [-0.15, -0.1) is 0 Å². The number of hydrogen-bond acceptors (Lipinski definition) is 5. The third-order valence-electron chi connectivity index (χ3n) is 4.40. The minimum Gasteiger partial charge on any atom is -0.483 e. The van der Waals surface area contributed by atoms with E-state index in [0.29, 0.717) is 28.2 Å². The van der Waals surface area contributed by atoms with Gasteiger partial charge in [0.15, 0.2) is 6.61 Å². The van der Waals surface area contributed by atoms with Crippen LogP contribution in [-0.2, 0) is 4.79 Å². The molecular formula is C23H18ClN3O3. The van der Waals surface area contributed by atoms with Crippen molar-refractivity contribution in [2.75, 3.05) is 11.9 Å². The first-order valence-corrected chi connectivity index (χ1v) is 9.65. The number of carbonyl (C=O) groups is 1. The summed E-state index contributed by atoms with van der Waals surface area (Å²) in [6.45, 7) is 1.86. The van der Waals surface area contributed by atoms with E-state index in [0.717, 1.165) is 16.7 Å². The van der Waals surface area contributed by atoms with Crippen molar-refractivity contribution >= 4 is 23.2 Å². The monoisotopic (exact) mass is 419 g/mol. The quantitative estimate of drug-likeness (QED) is 0.453. The van der Waals surface area contributed by atoms with Gasteiger partial charge in [-0.3, -0.25) is 4.79 Å². The van der Waals surface area contributed by atoms with Gasteiger partial charge in [0, 0.05) is 21.8 Å². The van der Waals surface area contributed by atoms with Gasteiger partial charge in [0.1, 0.15) is 5.75 Å². The molecule has 150 valence electrons. The van der Waals surface area contributed by atoms with Gasteiger partial charge in [0.2, 0.25) is 5.82 Å². The Morgan fingerprint density at radius 2 is 1.70 bits per heavy atom. The van der Waals surface area contributed by atoms with Crippen LogP contribution in [0.1, 0.15) is 5.56 Å². The average molecular weight is 420 g/mol. The first-order valence-electron chi connectivity index (χ1n) is 9.27. The second-order valence-electron chi connectivity index (χ2n) is 6.61. The minimum atomic E-state index is -0.242. The van der Waals surface area contributed by atoms with Crippen LogP contribution in [0.3, 0.4) is 0 Å². The van der Waals surface area contributed by atoms with Crippen molar-refractivity contribution in [3.05, 3.63) is 83.4 Å².